The Morgan fingerprint density at radius 2 is 0.558 bits per heavy atom. The molecule has 0 radical (unpaired) electrons. The van der Waals surface area contributed by atoms with E-state index in [2.05, 4.69) is 13.8 Å². The fraction of sp³-hybridized carbons (Fsp3) is 0.733. The first-order chi connectivity index (χ1) is 36.6. The molecule has 0 heterocycles. The molecular weight excluding hydrogens is 1050 g/mol. The third kappa shape index (κ3) is 37.9. The van der Waals surface area contributed by atoms with E-state index >= 15 is 0 Å². The van der Waals surface area contributed by atoms with Crippen LogP contribution >= 0.6 is 0 Å². The Hall–Kier alpha value is -2.60. The zero-order valence-corrected chi connectivity index (χ0v) is 51.7. The SMILES string of the molecule is CCCCCCCCCCCCCCCCCCOC(=O)c1ccccc1C(=O)OC(CCC)S(=O)(=O)[O-].CCCCCCCCCCCCCCCCCCOC(=O)c1ccccc1C(=O)OC(CCC)S(=O)(=O)[O-].[Ca+2]. The van der Waals surface area contributed by atoms with Gasteiger partial charge in [0.05, 0.1) is 35.5 Å². The van der Waals surface area contributed by atoms with Gasteiger partial charge in [-0.15, -0.1) is 0 Å². The van der Waals surface area contributed by atoms with Gasteiger partial charge in [0.25, 0.3) is 0 Å². The van der Waals surface area contributed by atoms with E-state index in [-0.39, 0.29) is 86.0 Å². The van der Waals surface area contributed by atoms with Gasteiger partial charge in [-0.2, -0.15) is 0 Å². The molecule has 2 unspecified atom stereocenters. The number of unbranched alkanes of at least 4 members (excludes halogenated alkanes) is 30. The molecular formula is C60H98CaO14S2. The molecule has 17 heteroatoms. The second kappa shape index (κ2) is 48.1. The van der Waals surface area contributed by atoms with Gasteiger partial charge in [-0.1, -0.05) is 257 Å². The predicted molar refractivity (Wildman–Crippen MR) is 306 cm³/mol. The van der Waals surface area contributed by atoms with Crippen molar-refractivity contribution in [1.82, 2.24) is 0 Å². The van der Waals surface area contributed by atoms with Gasteiger partial charge in [0.15, 0.2) is 10.9 Å². The van der Waals surface area contributed by atoms with Crippen LogP contribution in [0.3, 0.4) is 0 Å². The van der Waals surface area contributed by atoms with Gasteiger partial charge in [0.1, 0.15) is 20.2 Å². The van der Waals surface area contributed by atoms with Crippen LogP contribution in [0.2, 0.25) is 0 Å². The van der Waals surface area contributed by atoms with E-state index in [1.807, 2.05) is 0 Å². The van der Waals surface area contributed by atoms with Crippen LogP contribution in [0.4, 0.5) is 0 Å². The van der Waals surface area contributed by atoms with E-state index in [1.54, 1.807) is 26.0 Å². The van der Waals surface area contributed by atoms with E-state index in [1.165, 1.54) is 203 Å². The van der Waals surface area contributed by atoms with E-state index in [9.17, 15) is 45.1 Å². The molecule has 0 aliphatic heterocycles. The quantitative estimate of drug-likeness (QED) is 0.0198. The molecule has 0 spiro atoms. The third-order valence-electron chi connectivity index (χ3n) is 13.4. The number of benzene rings is 2. The second-order valence-electron chi connectivity index (χ2n) is 20.2. The first kappa shape index (κ1) is 74.4. The first-order valence-corrected chi connectivity index (χ1v) is 32.4. The van der Waals surface area contributed by atoms with Gasteiger partial charge in [-0.3, -0.25) is 0 Å². The summed E-state index contributed by atoms with van der Waals surface area (Å²) >= 11 is 0. The van der Waals surface area contributed by atoms with Gasteiger partial charge < -0.3 is 28.1 Å². The summed E-state index contributed by atoms with van der Waals surface area (Å²) in [6.07, 6.45) is 40.8. The monoisotopic (exact) mass is 1150 g/mol. The predicted octanol–water partition coefficient (Wildman–Crippen LogP) is 15.5. The van der Waals surface area contributed by atoms with Crippen LogP contribution in [0.15, 0.2) is 48.5 Å². The second-order valence-corrected chi connectivity index (χ2v) is 23.2. The topological polar surface area (TPSA) is 220 Å². The standard InChI is InChI=1S/2C30H50O7S.Ca/c2*1-3-5-6-7-8-9-10-11-12-13-14-15-16-17-18-21-25-36-29(31)26-23-19-20-24-27(26)30(32)37-28(22-4-2)38(33,34)35;/h2*19-20,23-24,28H,3-18,21-22,25H2,1-2H3,(H,33,34,35);/q;;+2/p-2. The molecule has 14 nitrogen and oxygen atoms in total. The third-order valence-corrected chi connectivity index (χ3v) is 15.3. The molecule has 0 aliphatic rings. The average Bonchev–Trinajstić information content (AvgIpc) is 3.39. The molecule has 0 aliphatic carbocycles. The smallest absolute Gasteiger partial charge is 0.745 e. The van der Waals surface area contributed by atoms with Crippen LogP contribution < -0.4 is 0 Å². The Morgan fingerprint density at radius 3 is 0.766 bits per heavy atom. The molecule has 0 saturated heterocycles. The van der Waals surface area contributed by atoms with Crippen molar-refractivity contribution in [2.24, 2.45) is 0 Å². The summed E-state index contributed by atoms with van der Waals surface area (Å²) in [4.78, 5) is 50.1. The maximum atomic E-state index is 12.5. The Bertz CT molecular complexity index is 1920. The number of carbonyl (C=O) groups excluding carboxylic acids is 4. The van der Waals surface area contributed by atoms with Crippen molar-refractivity contribution < 1.29 is 64.1 Å². The summed E-state index contributed by atoms with van der Waals surface area (Å²) < 4.78 is 88.7. The molecule has 0 aromatic heterocycles. The molecule has 2 aromatic carbocycles. The van der Waals surface area contributed by atoms with Crippen molar-refractivity contribution in [2.45, 2.75) is 270 Å². The largest absolute Gasteiger partial charge is 2.00 e. The van der Waals surface area contributed by atoms with E-state index in [0.717, 1.165) is 38.5 Å². The fourth-order valence-electron chi connectivity index (χ4n) is 8.83. The van der Waals surface area contributed by atoms with Crippen LogP contribution in [0.5, 0.6) is 0 Å². The maximum Gasteiger partial charge on any atom is 2.00 e. The van der Waals surface area contributed by atoms with Gasteiger partial charge >= 0.3 is 61.6 Å². The van der Waals surface area contributed by atoms with Crippen LogP contribution in [0, 0.1) is 0 Å². The molecule has 0 amide bonds. The molecule has 2 aromatic rings. The summed E-state index contributed by atoms with van der Waals surface area (Å²) in [6, 6.07) is 11.8. The number of esters is 4. The van der Waals surface area contributed by atoms with Crippen LogP contribution in [-0.2, 0) is 39.2 Å². The Kier molecular flexibility index (Phi) is 46.5. The van der Waals surface area contributed by atoms with E-state index in [4.69, 9.17) is 18.9 Å². The summed E-state index contributed by atoms with van der Waals surface area (Å²) in [7, 11) is -9.62. The summed E-state index contributed by atoms with van der Waals surface area (Å²) in [5.41, 5.74) is -3.81. The molecule has 0 bridgehead atoms. The van der Waals surface area contributed by atoms with E-state index in [0.29, 0.717) is 12.8 Å². The number of carbonyl (C=O) groups is 4. The van der Waals surface area contributed by atoms with Crippen molar-refractivity contribution in [3.63, 3.8) is 0 Å². The molecule has 2 rings (SSSR count). The minimum atomic E-state index is -4.81. The van der Waals surface area contributed by atoms with Crippen molar-refractivity contribution in [3.05, 3.63) is 70.8 Å². The first-order valence-electron chi connectivity index (χ1n) is 29.5. The minimum absolute atomic E-state index is 0. The maximum absolute atomic E-state index is 12.5. The van der Waals surface area contributed by atoms with Crippen molar-refractivity contribution in [3.8, 4) is 0 Å². The van der Waals surface area contributed by atoms with Gasteiger partial charge in [-0.05, 0) is 49.9 Å². The summed E-state index contributed by atoms with van der Waals surface area (Å²) in [5, 5.41) is 0. The number of hydrogen-bond donors (Lipinski definition) is 0. The minimum Gasteiger partial charge on any atom is -0.745 e. The van der Waals surface area contributed by atoms with E-state index < -0.39 is 55.0 Å². The van der Waals surface area contributed by atoms with Gasteiger partial charge in [0, 0.05) is 0 Å². The Labute approximate surface area is 495 Å². The zero-order chi connectivity index (χ0) is 56.1. The molecule has 77 heavy (non-hydrogen) atoms. The molecule has 0 N–H and O–H groups in total. The van der Waals surface area contributed by atoms with Gasteiger partial charge in [-0.25, -0.2) is 36.0 Å². The number of ether oxygens (including phenoxy) is 4. The molecule has 436 valence electrons. The van der Waals surface area contributed by atoms with Crippen molar-refractivity contribution in [2.75, 3.05) is 13.2 Å². The van der Waals surface area contributed by atoms with Crippen LogP contribution in [0.25, 0.3) is 0 Å². The summed E-state index contributed by atoms with van der Waals surface area (Å²) in [5.74, 6) is -3.40. The Morgan fingerprint density at radius 1 is 0.351 bits per heavy atom. The van der Waals surface area contributed by atoms with Gasteiger partial charge in [0.2, 0.25) is 0 Å². The molecule has 0 saturated carbocycles. The number of hydrogen-bond acceptors (Lipinski definition) is 14. The average molecular weight is 1150 g/mol. The normalized spacial score (nSPS) is 12.1. The Balaban J connectivity index is 0.00000148. The van der Waals surface area contributed by atoms with Crippen LogP contribution in [0.1, 0.15) is 300 Å². The van der Waals surface area contributed by atoms with Crippen molar-refractivity contribution >= 4 is 81.9 Å². The van der Waals surface area contributed by atoms with Crippen molar-refractivity contribution in [1.29, 1.82) is 0 Å². The molecule has 2 atom stereocenters. The zero-order valence-electron chi connectivity index (χ0n) is 47.9. The number of rotatable bonds is 46. The molecule has 0 fully saturated rings. The fourth-order valence-corrected chi connectivity index (χ4v) is 10.3. The summed E-state index contributed by atoms with van der Waals surface area (Å²) in [6.45, 7) is 8.35. The van der Waals surface area contributed by atoms with Crippen LogP contribution in [-0.4, -0.2) is 112 Å².